The Hall–Kier alpha value is -2.99. The fourth-order valence-corrected chi connectivity index (χ4v) is 5.38. The summed E-state index contributed by atoms with van der Waals surface area (Å²) < 4.78 is 31.1. The lowest BCUT2D eigenvalue weighted by Gasteiger charge is -2.43. The largest absolute Gasteiger partial charge is 0.478 e. The Labute approximate surface area is 191 Å². The van der Waals surface area contributed by atoms with E-state index in [1.165, 1.54) is 18.2 Å². The van der Waals surface area contributed by atoms with Crippen LogP contribution in [0, 0.1) is 17.0 Å². The van der Waals surface area contributed by atoms with Crippen molar-refractivity contribution in [3.05, 3.63) is 76.5 Å². The third-order valence-corrected chi connectivity index (χ3v) is 7.54. The summed E-state index contributed by atoms with van der Waals surface area (Å²) >= 11 is 0. The van der Waals surface area contributed by atoms with Gasteiger partial charge in [0.15, 0.2) is 0 Å². The molecule has 0 radical (unpaired) electrons. The van der Waals surface area contributed by atoms with E-state index in [-0.39, 0.29) is 22.6 Å². The molecule has 2 aromatic carbocycles. The number of hydrogen-bond acceptors (Lipinski definition) is 2. The van der Waals surface area contributed by atoms with Crippen LogP contribution in [0.25, 0.3) is 17.0 Å². The number of carbonyl (C=O) groups is 1. The number of carboxylic acid groups (broad SMARTS) is 1. The minimum Gasteiger partial charge on any atom is -0.478 e. The minimum absolute atomic E-state index is 0.0220. The molecule has 0 bridgehead atoms. The molecule has 0 saturated heterocycles. The first-order chi connectivity index (χ1) is 15.8. The van der Waals surface area contributed by atoms with Gasteiger partial charge in [-0.25, -0.2) is 13.6 Å². The molecule has 1 aliphatic heterocycles. The van der Waals surface area contributed by atoms with Gasteiger partial charge in [0.25, 0.3) is 0 Å². The van der Waals surface area contributed by atoms with Crippen molar-refractivity contribution in [3.8, 4) is 0 Å². The minimum atomic E-state index is -1.16. The molecule has 3 aromatic rings. The summed E-state index contributed by atoms with van der Waals surface area (Å²) in [4.78, 5) is 16.6. The van der Waals surface area contributed by atoms with Crippen molar-refractivity contribution in [3.63, 3.8) is 0 Å². The highest BCUT2D eigenvalue weighted by Gasteiger charge is 2.47. The monoisotopic (exact) mass is 450 g/mol. The van der Waals surface area contributed by atoms with E-state index in [1.54, 1.807) is 0 Å². The van der Waals surface area contributed by atoms with Gasteiger partial charge in [-0.1, -0.05) is 25.1 Å². The van der Waals surface area contributed by atoms with Crippen LogP contribution in [0.4, 0.5) is 8.78 Å². The molecule has 33 heavy (non-hydrogen) atoms. The van der Waals surface area contributed by atoms with Crippen LogP contribution >= 0.6 is 0 Å². The molecule has 2 N–H and O–H groups in total. The van der Waals surface area contributed by atoms with E-state index in [0.717, 1.165) is 60.5 Å². The third-order valence-electron chi connectivity index (χ3n) is 7.54. The van der Waals surface area contributed by atoms with Crippen LogP contribution in [0.1, 0.15) is 61.5 Å². The van der Waals surface area contributed by atoms with Crippen molar-refractivity contribution in [2.45, 2.75) is 51.6 Å². The Balaban J connectivity index is 1.67. The maximum absolute atomic E-state index is 15.5. The molecule has 1 aliphatic carbocycles. The van der Waals surface area contributed by atoms with Crippen LogP contribution in [0.3, 0.4) is 0 Å². The zero-order valence-electron chi connectivity index (χ0n) is 18.9. The topological polar surface area (TPSA) is 56.3 Å². The number of H-pyrrole nitrogens is 1. The number of fused-ring (bicyclic) bond motifs is 3. The third kappa shape index (κ3) is 3.86. The number of para-hydroxylation sites is 1. The molecule has 0 spiro atoms. The van der Waals surface area contributed by atoms with E-state index in [0.29, 0.717) is 0 Å². The molecule has 6 heteroatoms. The average Bonchev–Trinajstić information content (AvgIpc) is 3.47. The van der Waals surface area contributed by atoms with E-state index >= 15 is 8.78 Å². The van der Waals surface area contributed by atoms with Gasteiger partial charge in [-0.05, 0) is 73.4 Å². The molecule has 0 amide bonds. The van der Waals surface area contributed by atoms with Gasteiger partial charge in [-0.15, -0.1) is 0 Å². The van der Waals surface area contributed by atoms with E-state index in [2.05, 4.69) is 29.8 Å². The van der Waals surface area contributed by atoms with Gasteiger partial charge in [0.2, 0.25) is 0 Å². The SMILES string of the molecule is CCC1(CN2[C@H](c3c(F)cc(/C=C/C(=O)O)cc3F)c3[nH]c4ccccc4c3C[C@H]2C)CC1. The van der Waals surface area contributed by atoms with Crippen LogP contribution in [0.15, 0.2) is 42.5 Å². The second-order valence-corrected chi connectivity index (χ2v) is 9.61. The average molecular weight is 451 g/mol. The summed E-state index contributed by atoms with van der Waals surface area (Å²) in [6.07, 6.45) is 6.25. The Morgan fingerprint density at radius 1 is 1.24 bits per heavy atom. The number of aromatic amines is 1. The summed E-state index contributed by atoms with van der Waals surface area (Å²) in [7, 11) is 0. The number of rotatable bonds is 6. The number of aromatic nitrogens is 1. The summed E-state index contributed by atoms with van der Waals surface area (Å²) in [6, 6.07) is 10.0. The van der Waals surface area contributed by atoms with E-state index in [9.17, 15) is 4.79 Å². The molecule has 5 rings (SSSR count). The van der Waals surface area contributed by atoms with Gasteiger partial charge >= 0.3 is 5.97 Å². The Kier molecular flexibility index (Phi) is 5.36. The second kappa shape index (κ2) is 8.10. The van der Waals surface area contributed by atoms with E-state index in [1.807, 2.05) is 18.2 Å². The van der Waals surface area contributed by atoms with E-state index in [4.69, 9.17) is 5.11 Å². The lowest BCUT2D eigenvalue weighted by Crippen LogP contribution is -2.46. The highest BCUT2D eigenvalue weighted by Crippen LogP contribution is 2.52. The Bertz CT molecular complexity index is 1240. The van der Waals surface area contributed by atoms with Crippen molar-refractivity contribution in [2.24, 2.45) is 5.41 Å². The number of aliphatic carboxylic acids is 1. The number of nitrogens with zero attached hydrogens (tertiary/aromatic N) is 1. The molecular weight excluding hydrogens is 422 g/mol. The molecule has 2 atom stereocenters. The zero-order chi connectivity index (χ0) is 23.3. The van der Waals surface area contributed by atoms with Crippen molar-refractivity contribution in [1.29, 1.82) is 0 Å². The highest BCUT2D eigenvalue weighted by atomic mass is 19.1. The molecule has 2 heterocycles. The predicted molar refractivity (Wildman–Crippen MR) is 125 cm³/mol. The van der Waals surface area contributed by atoms with Gasteiger partial charge in [0.1, 0.15) is 11.6 Å². The van der Waals surface area contributed by atoms with Gasteiger partial charge in [0.05, 0.1) is 6.04 Å². The molecule has 1 aromatic heterocycles. The number of benzene rings is 2. The quantitative estimate of drug-likeness (QED) is 0.448. The maximum Gasteiger partial charge on any atom is 0.328 e. The van der Waals surface area contributed by atoms with Crippen LogP contribution in [0.5, 0.6) is 0 Å². The first kappa shape index (κ1) is 21.8. The van der Waals surface area contributed by atoms with Crippen LogP contribution < -0.4 is 0 Å². The number of nitrogens with one attached hydrogen (secondary N) is 1. The normalized spacial score (nSPS) is 22.1. The van der Waals surface area contributed by atoms with Crippen LogP contribution in [0.2, 0.25) is 0 Å². The van der Waals surface area contributed by atoms with Crippen molar-refractivity contribution >= 4 is 22.9 Å². The highest BCUT2D eigenvalue weighted by molar-refractivity contribution is 5.86. The molecule has 1 saturated carbocycles. The van der Waals surface area contributed by atoms with Crippen molar-refractivity contribution < 1.29 is 18.7 Å². The van der Waals surface area contributed by atoms with E-state index < -0.39 is 23.6 Å². The van der Waals surface area contributed by atoms with Gasteiger partial charge in [0, 0.05) is 40.8 Å². The summed E-state index contributed by atoms with van der Waals surface area (Å²) in [6.45, 7) is 5.13. The summed E-state index contributed by atoms with van der Waals surface area (Å²) in [5.74, 6) is -2.48. The fraction of sp³-hybridized carbons (Fsp3) is 0.370. The van der Waals surface area contributed by atoms with Crippen LogP contribution in [-0.4, -0.2) is 33.5 Å². The summed E-state index contributed by atoms with van der Waals surface area (Å²) in [5.41, 5.74) is 3.37. The molecule has 2 aliphatic rings. The first-order valence-electron chi connectivity index (χ1n) is 11.6. The molecule has 172 valence electrons. The maximum atomic E-state index is 15.5. The molecule has 4 nitrogen and oxygen atoms in total. The Morgan fingerprint density at radius 3 is 2.58 bits per heavy atom. The first-order valence-corrected chi connectivity index (χ1v) is 11.6. The van der Waals surface area contributed by atoms with Crippen LogP contribution in [-0.2, 0) is 11.2 Å². The van der Waals surface area contributed by atoms with Gasteiger partial charge < -0.3 is 10.1 Å². The Morgan fingerprint density at radius 2 is 1.94 bits per heavy atom. The summed E-state index contributed by atoms with van der Waals surface area (Å²) in [5, 5.41) is 9.97. The zero-order valence-corrected chi connectivity index (χ0v) is 18.9. The van der Waals surface area contributed by atoms with Crippen molar-refractivity contribution in [1.82, 2.24) is 9.88 Å². The fourth-order valence-electron chi connectivity index (χ4n) is 5.38. The lowest BCUT2D eigenvalue weighted by atomic mass is 9.86. The predicted octanol–water partition coefficient (Wildman–Crippen LogP) is 6.07. The number of halogens is 2. The van der Waals surface area contributed by atoms with Gasteiger partial charge in [-0.3, -0.25) is 4.90 Å². The number of hydrogen-bond donors (Lipinski definition) is 2. The molecular formula is C27H28F2N2O2. The van der Waals surface area contributed by atoms with Gasteiger partial charge in [-0.2, -0.15) is 0 Å². The molecule has 0 unspecified atom stereocenters. The smallest absolute Gasteiger partial charge is 0.328 e. The standard InChI is InChI=1S/C27H28F2N2O2/c1-3-27(10-11-27)15-31-16(2)12-19-18-6-4-5-7-22(18)30-25(19)26(31)24-20(28)13-17(14-21(24)29)8-9-23(32)33/h4-9,13-14,16,26,30H,3,10-12,15H2,1-2H3,(H,32,33)/b9-8+/t16-,26-/m1/s1. The van der Waals surface area contributed by atoms with Crippen molar-refractivity contribution in [2.75, 3.05) is 6.54 Å². The second-order valence-electron chi connectivity index (χ2n) is 9.61. The lowest BCUT2D eigenvalue weighted by molar-refractivity contribution is -0.131. The molecule has 1 fully saturated rings. The number of carboxylic acids is 1.